The highest BCUT2D eigenvalue weighted by Crippen LogP contribution is 2.18. The summed E-state index contributed by atoms with van der Waals surface area (Å²) in [5.74, 6) is 5.83. The Labute approximate surface area is 115 Å². The van der Waals surface area contributed by atoms with Crippen LogP contribution < -0.4 is 10.5 Å². The zero-order valence-electron chi connectivity index (χ0n) is 11.4. The number of benzene rings is 1. The number of rotatable bonds is 5. The molecule has 0 fully saturated rings. The fourth-order valence-corrected chi connectivity index (χ4v) is 2.90. The first-order valence-corrected chi connectivity index (χ1v) is 7.94. The van der Waals surface area contributed by atoms with Crippen LogP contribution in [-0.2, 0) is 10.0 Å². The van der Waals surface area contributed by atoms with Crippen molar-refractivity contribution in [3.05, 3.63) is 29.3 Å². The van der Waals surface area contributed by atoms with Crippen LogP contribution in [0.3, 0.4) is 0 Å². The zero-order valence-corrected chi connectivity index (χ0v) is 12.2. The van der Waals surface area contributed by atoms with Crippen molar-refractivity contribution in [1.29, 1.82) is 0 Å². The van der Waals surface area contributed by atoms with Gasteiger partial charge in [0, 0.05) is 5.56 Å². The molecule has 1 rings (SSSR count). The molecule has 0 aromatic heterocycles. The molecule has 0 heterocycles. The van der Waals surface area contributed by atoms with Gasteiger partial charge in [0.25, 0.3) is 0 Å². The first kappa shape index (κ1) is 15.5. The molecule has 0 saturated heterocycles. The molecule has 3 N–H and O–H groups in total. The van der Waals surface area contributed by atoms with Crippen molar-refractivity contribution in [2.75, 3.05) is 17.0 Å². The van der Waals surface area contributed by atoms with Crippen molar-refractivity contribution in [2.24, 2.45) is 5.73 Å². The maximum absolute atomic E-state index is 11.8. The molecule has 1 aromatic carbocycles. The third kappa shape index (κ3) is 5.33. The monoisotopic (exact) mass is 280 g/mol. The Hall–Kier alpha value is -1.51. The van der Waals surface area contributed by atoms with E-state index in [1.807, 2.05) is 19.9 Å². The largest absolute Gasteiger partial charge is 0.320 e. The summed E-state index contributed by atoms with van der Waals surface area (Å²) < 4.78 is 26.2. The van der Waals surface area contributed by atoms with E-state index >= 15 is 0 Å². The smallest absolute Gasteiger partial charge is 0.232 e. The van der Waals surface area contributed by atoms with Crippen molar-refractivity contribution in [1.82, 2.24) is 0 Å². The highest BCUT2D eigenvalue weighted by molar-refractivity contribution is 7.92. The number of aryl methyl sites for hydroxylation is 1. The van der Waals surface area contributed by atoms with Crippen molar-refractivity contribution < 1.29 is 8.42 Å². The molecule has 0 bridgehead atoms. The van der Waals surface area contributed by atoms with E-state index in [1.165, 1.54) is 0 Å². The summed E-state index contributed by atoms with van der Waals surface area (Å²) in [5.41, 5.74) is 7.60. The lowest BCUT2D eigenvalue weighted by atomic mass is 10.1. The minimum absolute atomic E-state index is 0.150. The average Bonchev–Trinajstić information content (AvgIpc) is 2.37. The summed E-state index contributed by atoms with van der Waals surface area (Å²) in [6.45, 7) is 4.13. The minimum Gasteiger partial charge on any atom is -0.320 e. The highest BCUT2D eigenvalue weighted by atomic mass is 32.2. The molecule has 0 radical (unpaired) electrons. The number of anilines is 1. The number of nitrogens with two attached hydrogens (primary N) is 1. The van der Waals surface area contributed by atoms with Crippen LogP contribution in [0.15, 0.2) is 18.2 Å². The van der Waals surface area contributed by atoms with Gasteiger partial charge in [-0.05, 0) is 37.1 Å². The van der Waals surface area contributed by atoms with Gasteiger partial charge in [0.2, 0.25) is 10.0 Å². The van der Waals surface area contributed by atoms with Gasteiger partial charge in [0.15, 0.2) is 0 Å². The SMILES string of the molecule is CCCCS(=O)(=O)Nc1ccc(C#CCN)cc1C. The van der Waals surface area contributed by atoms with Crippen LogP contribution in [0.4, 0.5) is 5.69 Å². The molecule has 1 aromatic rings. The molecule has 104 valence electrons. The van der Waals surface area contributed by atoms with Gasteiger partial charge in [-0.3, -0.25) is 4.72 Å². The van der Waals surface area contributed by atoms with E-state index < -0.39 is 10.0 Å². The van der Waals surface area contributed by atoms with Crippen LogP contribution in [0.25, 0.3) is 0 Å². The standard InChI is InChI=1S/C14H20N2O2S/c1-3-4-10-19(17,18)16-14-8-7-13(6-5-9-15)11-12(14)2/h7-8,11,16H,3-4,9-10,15H2,1-2H3. The van der Waals surface area contributed by atoms with Crippen LogP contribution in [0.1, 0.15) is 30.9 Å². The van der Waals surface area contributed by atoms with Crippen molar-refractivity contribution >= 4 is 15.7 Å². The summed E-state index contributed by atoms with van der Waals surface area (Å²) in [6.07, 6.45) is 1.52. The molecule has 5 heteroatoms. The molecule has 19 heavy (non-hydrogen) atoms. The van der Waals surface area contributed by atoms with E-state index in [2.05, 4.69) is 16.6 Å². The second-order valence-corrected chi connectivity index (χ2v) is 6.15. The average molecular weight is 280 g/mol. The van der Waals surface area contributed by atoms with Gasteiger partial charge in [-0.15, -0.1) is 0 Å². The Morgan fingerprint density at radius 2 is 2.11 bits per heavy atom. The van der Waals surface area contributed by atoms with Crippen molar-refractivity contribution in [2.45, 2.75) is 26.7 Å². The predicted octanol–water partition coefficient (Wildman–Crippen LogP) is 1.85. The molecule has 0 atom stereocenters. The van der Waals surface area contributed by atoms with Gasteiger partial charge in [-0.1, -0.05) is 25.2 Å². The molecular weight excluding hydrogens is 260 g/mol. The minimum atomic E-state index is -3.26. The summed E-state index contributed by atoms with van der Waals surface area (Å²) >= 11 is 0. The van der Waals surface area contributed by atoms with E-state index in [0.29, 0.717) is 18.7 Å². The molecule has 0 aliphatic carbocycles. The third-order valence-electron chi connectivity index (χ3n) is 2.59. The fraction of sp³-hybridized carbons (Fsp3) is 0.429. The number of nitrogens with one attached hydrogen (secondary N) is 1. The molecule has 0 saturated carbocycles. The molecule has 0 unspecified atom stereocenters. The second kappa shape index (κ2) is 7.17. The molecule has 0 amide bonds. The van der Waals surface area contributed by atoms with Gasteiger partial charge < -0.3 is 5.73 Å². The predicted molar refractivity (Wildman–Crippen MR) is 79.4 cm³/mol. The van der Waals surface area contributed by atoms with E-state index in [0.717, 1.165) is 17.5 Å². The molecule has 0 aliphatic rings. The van der Waals surface area contributed by atoms with Gasteiger partial charge in [0.05, 0.1) is 18.0 Å². The van der Waals surface area contributed by atoms with E-state index in [-0.39, 0.29) is 5.75 Å². The Morgan fingerprint density at radius 1 is 1.37 bits per heavy atom. The maximum atomic E-state index is 11.8. The van der Waals surface area contributed by atoms with Gasteiger partial charge >= 0.3 is 0 Å². The van der Waals surface area contributed by atoms with E-state index in [1.54, 1.807) is 12.1 Å². The Bertz CT molecular complexity index is 583. The van der Waals surface area contributed by atoms with Gasteiger partial charge in [0.1, 0.15) is 0 Å². The number of sulfonamides is 1. The highest BCUT2D eigenvalue weighted by Gasteiger charge is 2.10. The van der Waals surface area contributed by atoms with Crippen LogP contribution in [0.2, 0.25) is 0 Å². The van der Waals surface area contributed by atoms with E-state index in [9.17, 15) is 8.42 Å². The molecule has 0 spiro atoms. The summed E-state index contributed by atoms with van der Waals surface area (Å²) in [6, 6.07) is 5.37. The van der Waals surface area contributed by atoms with Crippen molar-refractivity contribution in [3.63, 3.8) is 0 Å². The van der Waals surface area contributed by atoms with E-state index in [4.69, 9.17) is 5.73 Å². The van der Waals surface area contributed by atoms with Gasteiger partial charge in [-0.25, -0.2) is 8.42 Å². The lowest BCUT2D eigenvalue weighted by Crippen LogP contribution is -2.17. The normalized spacial score (nSPS) is 10.7. The number of hydrogen-bond donors (Lipinski definition) is 2. The fourth-order valence-electron chi connectivity index (χ4n) is 1.56. The Kier molecular flexibility index (Phi) is 5.87. The van der Waals surface area contributed by atoms with Crippen LogP contribution in [-0.4, -0.2) is 20.7 Å². The second-order valence-electron chi connectivity index (χ2n) is 4.31. The molecule has 4 nitrogen and oxygen atoms in total. The number of unbranched alkanes of at least 4 members (excludes halogenated alkanes) is 1. The van der Waals surface area contributed by atoms with Crippen molar-refractivity contribution in [3.8, 4) is 11.8 Å². The lowest BCUT2D eigenvalue weighted by Gasteiger charge is -2.10. The Balaban J connectivity index is 2.86. The molecule has 0 aliphatic heterocycles. The summed E-state index contributed by atoms with van der Waals surface area (Å²) in [5, 5.41) is 0. The first-order valence-electron chi connectivity index (χ1n) is 6.28. The third-order valence-corrected chi connectivity index (χ3v) is 3.95. The van der Waals surface area contributed by atoms with Gasteiger partial charge in [-0.2, -0.15) is 0 Å². The number of hydrogen-bond acceptors (Lipinski definition) is 3. The van der Waals surface area contributed by atoms with Crippen LogP contribution >= 0.6 is 0 Å². The summed E-state index contributed by atoms with van der Waals surface area (Å²) in [4.78, 5) is 0. The lowest BCUT2D eigenvalue weighted by molar-refractivity contribution is 0.598. The maximum Gasteiger partial charge on any atom is 0.232 e. The zero-order chi connectivity index (χ0) is 14.3. The topological polar surface area (TPSA) is 72.2 Å². The Morgan fingerprint density at radius 3 is 2.68 bits per heavy atom. The van der Waals surface area contributed by atoms with Crippen LogP contribution in [0, 0.1) is 18.8 Å². The molecular formula is C14H20N2O2S. The first-order chi connectivity index (χ1) is 8.98. The summed E-state index contributed by atoms with van der Waals surface area (Å²) in [7, 11) is -3.26. The quantitative estimate of drug-likeness (QED) is 0.808. The van der Waals surface area contributed by atoms with Crippen LogP contribution in [0.5, 0.6) is 0 Å².